The Hall–Kier alpha value is -2.74. The molecule has 3 saturated heterocycles. The van der Waals surface area contributed by atoms with E-state index in [9.17, 15) is 5.11 Å². The van der Waals surface area contributed by atoms with Gasteiger partial charge in [-0.15, -0.1) is 0 Å². The van der Waals surface area contributed by atoms with E-state index >= 15 is 0 Å². The summed E-state index contributed by atoms with van der Waals surface area (Å²) in [7, 11) is 0. The Balaban J connectivity index is 1.31. The quantitative estimate of drug-likeness (QED) is 0.846. The summed E-state index contributed by atoms with van der Waals surface area (Å²) in [5, 5.41) is 12.5. The molecule has 6 rings (SSSR count). The van der Waals surface area contributed by atoms with Gasteiger partial charge in [-0.2, -0.15) is 0 Å². The number of nitrogens with zero attached hydrogens (tertiary/aromatic N) is 5. The molecule has 8 heteroatoms. The van der Waals surface area contributed by atoms with E-state index in [1.807, 2.05) is 6.07 Å². The van der Waals surface area contributed by atoms with Gasteiger partial charge < -0.3 is 9.84 Å². The van der Waals surface area contributed by atoms with Crippen LogP contribution in [-0.4, -0.2) is 62.8 Å². The highest BCUT2D eigenvalue weighted by atomic mass is 16.5. The van der Waals surface area contributed by atoms with E-state index in [1.54, 1.807) is 12.3 Å². The Morgan fingerprint density at radius 1 is 1.19 bits per heavy atom. The monoisotopic (exact) mass is 352 g/mol. The van der Waals surface area contributed by atoms with Gasteiger partial charge in [0.1, 0.15) is 17.7 Å². The average Bonchev–Trinajstić information content (AvgIpc) is 3.05. The van der Waals surface area contributed by atoms with Crippen molar-refractivity contribution in [3.05, 3.63) is 30.7 Å². The minimum Gasteiger partial charge on any atom is -0.493 e. The van der Waals surface area contributed by atoms with Crippen LogP contribution in [0.1, 0.15) is 12.8 Å². The highest BCUT2D eigenvalue weighted by molar-refractivity contribution is 5.90. The van der Waals surface area contributed by atoms with Gasteiger partial charge in [0.2, 0.25) is 5.88 Å². The smallest absolute Gasteiger partial charge is 0.291 e. The number of aromatic nitrogens is 3. The second-order valence-corrected chi connectivity index (χ2v) is 7.16. The number of hydrogen-bond donors (Lipinski definition) is 2. The molecule has 0 radical (unpaired) electrons. The molecule has 4 aliphatic heterocycles. The van der Waals surface area contributed by atoms with E-state index in [0.717, 1.165) is 12.1 Å². The third-order valence-electron chi connectivity index (χ3n) is 5.56. The Bertz CT molecular complexity index is 847. The first kappa shape index (κ1) is 15.5. The number of ether oxygens (including phenoxy) is 1. The van der Waals surface area contributed by atoms with Crippen LogP contribution < -0.4 is 5.32 Å². The highest BCUT2D eigenvalue weighted by Gasteiger charge is 2.51. The van der Waals surface area contributed by atoms with E-state index in [4.69, 9.17) is 4.74 Å². The number of fused-ring (bicyclic) bond motifs is 2. The van der Waals surface area contributed by atoms with E-state index < -0.39 is 0 Å². The number of nitrogens with one attached hydrogen (secondary N) is 1. The topological polar surface area (TPSA) is 95.8 Å². The number of amidine groups is 1. The van der Waals surface area contributed by atoms with Crippen molar-refractivity contribution in [1.82, 2.24) is 19.9 Å². The minimum absolute atomic E-state index is 0.0160. The number of rotatable bonds is 2. The van der Waals surface area contributed by atoms with Crippen LogP contribution in [0.15, 0.2) is 35.7 Å². The summed E-state index contributed by atoms with van der Waals surface area (Å²) < 4.78 is 6.28. The summed E-state index contributed by atoms with van der Waals surface area (Å²) in [6.45, 7) is 4.01. The number of anilines is 1. The Kier molecular flexibility index (Phi) is 3.53. The van der Waals surface area contributed by atoms with Crippen molar-refractivity contribution < 1.29 is 9.84 Å². The summed E-state index contributed by atoms with van der Waals surface area (Å²) in [6, 6.07) is 5.65. The van der Waals surface area contributed by atoms with Gasteiger partial charge in [0.25, 0.3) is 6.02 Å². The Morgan fingerprint density at radius 2 is 2.08 bits per heavy atom. The summed E-state index contributed by atoms with van der Waals surface area (Å²) >= 11 is 0. The van der Waals surface area contributed by atoms with Crippen LogP contribution >= 0.6 is 0 Å². The molecule has 1 spiro atoms. The molecule has 2 aromatic rings. The fourth-order valence-electron chi connectivity index (χ4n) is 4.18. The fraction of sp³-hybridized carbons (Fsp3) is 0.444. The third-order valence-corrected chi connectivity index (χ3v) is 5.56. The highest BCUT2D eigenvalue weighted by Crippen LogP contribution is 2.40. The van der Waals surface area contributed by atoms with Gasteiger partial charge in [-0.1, -0.05) is 0 Å². The van der Waals surface area contributed by atoms with Crippen LogP contribution in [0.5, 0.6) is 5.88 Å². The Labute approximate surface area is 151 Å². The molecule has 2 N–H and O–H groups in total. The number of hydrogen-bond acceptors (Lipinski definition) is 8. The molecule has 0 amide bonds. The predicted octanol–water partition coefficient (Wildman–Crippen LogP) is 1.51. The normalized spacial score (nSPS) is 29.5. The first-order valence-corrected chi connectivity index (χ1v) is 8.90. The zero-order valence-electron chi connectivity index (χ0n) is 14.3. The van der Waals surface area contributed by atoms with Crippen LogP contribution in [0.3, 0.4) is 0 Å². The summed E-state index contributed by atoms with van der Waals surface area (Å²) in [5.74, 6) is 1.19. The van der Waals surface area contributed by atoms with Gasteiger partial charge >= 0.3 is 0 Å². The SMILES string of the molecule is Oc1ccc(-c2cc(NC3=NC[C@@]4(CN5CCC4CC5)O3)ncn2)cn1. The summed E-state index contributed by atoms with van der Waals surface area (Å²) in [4.78, 5) is 19.5. The van der Waals surface area contributed by atoms with Gasteiger partial charge in [0.15, 0.2) is 0 Å². The van der Waals surface area contributed by atoms with Crippen molar-refractivity contribution in [3.8, 4) is 17.1 Å². The predicted molar refractivity (Wildman–Crippen MR) is 95.8 cm³/mol. The number of piperidine rings is 3. The molecular formula is C18H20N6O2. The van der Waals surface area contributed by atoms with Crippen molar-refractivity contribution in [2.45, 2.75) is 18.4 Å². The molecule has 1 atom stereocenters. The van der Waals surface area contributed by atoms with Gasteiger partial charge in [0.05, 0.1) is 12.2 Å². The van der Waals surface area contributed by atoms with Crippen molar-refractivity contribution >= 4 is 11.8 Å². The average molecular weight is 352 g/mol. The summed E-state index contributed by atoms with van der Waals surface area (Å²) in [5.41, 5.74) is 1.35. The molecule has 2 aromatic heterocycles. The molecule has 2 bridgehead atoms. The zero-order chi connectivity index (χ0) is 17.6. The van der Waals surface area contributed by atoms with Gasteiger partial charge in [-0.25, -0.2) is 19.9 Å². The standard InChI is InChI=1S/C18H20N6O2/c25-16-2-1-12(8-19-16)14-7-15(22-11-21-14)23-17-20-9-18(26-17)10-24-5-3-13(18)4-6-24/h1-2,7-8,11,13H,3-6,9-10H2,(H,19,25)(H,20,21,22,23)/t18-/m0/s1. The molecule has 0 aromatic carbocycles. The second-order valence-electron chi connectivity index (χ2n) is 7.16. The van der Waals surface area contributed by atoms with Crippen LogP contribution in [-0.2, 0) is 4.74 Å². The van der Waals surface area contributed by atoms with E-state index in [1.165, 1.54) is 38.3 Å². The largest absolute Gasteiger partial charge is 0.493 e. The molecule has 4 aliphatic rings. The molecule has 0 unspecified atom stereocenters. The van der Waals surface area contributed by atoms with Gasteiger partial charge in [-0.05, 0) is 32.0 Å². The molecule has 134 valence electrons. The molecule has 8 nitrogen and oxygen atoms in total. The first-order valence-electron chi connectivity index (χ1n) is 8.90. The molecule has 6 heterocycles. The van der Waals surface area contributed by atoms with E-state index in [-0.39, 0.29) is 11.5 Å². The molecule has 26 heavy (non-hydrogen) atoms. The lowest BCUT2D eigenvalue weighted by atomic mass is 9.75. The maximum Gasteiger partial charge on any atom is 0.291 e. The van der Waals surface area contributed by atoms with Crippen molar-refractivity contribution in [2.24, 2.45) is 10.9 Å². The number of aromatic hydroxyl groups is 1. The molecule has 0 aliphatic carbocycles. The second kappa shape index (κ2) is 5.91. The minimum atomic E-state index is -0.171. The van der Waals surface area contributed by atoms with Crippen LogP contribution in [0.2, 0.25) is 0 Å². The van der Waals surface area contributed by atoms with Crippen LogP contribution in [0.25, 0.3) is 11.3 Å². The van der Waals surface area contributed by atoms with Crippen LogP contribution in [0.4, 0.5) is 5.82 Å². The van der Waals surface area contributed by atoms with E-state index in [2.05, 4.69) is 30.2 Å². The molecule has 3 fully saturated rings. The van der Waals surface area contributed by atoms with Crippen LogP contribution in [0, 0.1) is 5.92 Å². The molecular weight excluding hydrogens is 332 g/mol. The van der Waals surface area contributed by atoms with Gasteiger partial charge in [-0.3, -0.25) is 10.2 Å². The number of aliphatic imine (C=N–C) groups is 1. The first-order chi connectivity index (χ1) is 12.7. The fourth-order valence-corrected chi connectivity index (χ4v) is 4.18. The molecule has 0 saturated carbocycles. The summed E-state index contributed by atoms with van der Waals surface area (Å²) in [6.07, 6.45) is 5.44. The maximum atomic E-state index is 9.32. The van der Waals surface area contributed by atoms with Crippen molar-refractivity contribution in [1.29, 1.82) is 0 Å². The maximum absolute atomic E-state index is 9.32. The number of pyridine rings is 1. The van der Waals surface area contributed by atoms with Gasteiger partial charge in [0, 0.05) is 36.4 Å². The van der Waals surface area contributed by atoms with Crippen molar-refractivity contribution in [3.63, 3.8) is 0 Å². The third kappa shape index (κ3) is 2.66. The zero-order valence-corrected chi connectivity index (χ0v) is 14.3. The Morgan fingerprint density at radius 3 is 2.81 bits per heavy atom. The van der Waals surface area contributed by atoms with Crippen molar-refractivity contribution in [2.75, 3.05) is 31.5 Å². The lowest BCUT2D eigenvalue weighted by Crippen LogP contribution is -2.61. The lowest BCUT2D eigenvalue weighted by Gasteiger charge is -2.50. The lowest BCUT2D eigenvalue weighted by molar-refractivity contribution is -0.0829. The van der Waals surface area contributed by atoms with E-state index in [0.29, 0.717) is 30.0 Å².